The molecule has 1 heterocycles. The molecule has 0 spiro atoms. The predicted octanol–water partition coefficient (Wildman–Crippen LogP) is 2.38. The van der Waals surface area contributed by atoms with Crippen LogP contribution in [-0.2, 0) is 0 Å². The van der Waals surface area contributed by atoms with Crippen LogP contribution in [0.2, 0.25) is 0 Å². The normalized spacial score (nSPS) is 19.8. The fourth-order valence-corrected chi connectivity index (χ4v) is 1.98. The molecule has 1 fully saturated rings. The summed E-state index contributed by atoms with van der Waals surface area (Å²) in [4.78, 5) is 12.1. The van der Waals surface area contributed by atoms with E-state index in [4.69, 9.17) is 0 Å². The fraction of sp³-hybridized carbons (Fsp3) is 0.417. The average Bonchev–Trinajstić information content (AvgIpc) is 2.80. The van der Waals surface area contributed by atoms with E-state index in [0.29, 0.717) is 19.5 Å². The molecule has 1 aliphatic heterocycles. The Hall–Kier alpha value is -1.56. The van der Waals surface area contributed by atoms with E-state index >= 15 is 0 Å². The van der Waals surface area contributed by atoms with Gasteiger partial charge in [0.2, 0.25) is 0 Å². The number of ether oxygens (including phenoxy) is 1. The first-order chi connectivity index (χ1) is 8.47. The molecule has 6 heteroatoms. The first-order valence-corrected chi connectivity index (χ1v) is 5.57. The van der Waals surface area contributed by atoms with Crippen LogP contribution in [-0.4, -0.2) is 25.2 Å². The summed E-state index contributed by atoms with van der Waals surface area (Å²) in [7, 11) is 0. The van der Waals surface area contributed by atoms with E-state index in [9.17, 15) is 18.0 Å². The fourth-order valence-electron chi connectivity index (χ4n) is 1.98. The summed E-state index contributed by atoms with van der Waals surface area (Å²) in [6.07, 6.45) is -4.15. The molecule has 1 saturated heterocycles. The summed E-state index contributed by atoms with van der Waals surface area (Å²) in [5, 5.41) is 3.01. The van der Waals surface area contributed by atoms with Crippen LogP contribution in [0.25, 0.3) is 0 Å². The predicted molar refractivity (Wildman–Crippen MR) is 58.4 cm³/mol. The highest BCUT2D eigenvalue weighted by atomic mass is 19.4. The van der Waals surface area contributed by atoms with Gasteiger partial charge in [-0.3, -0.25) is 4.79 Å². The number of ketones is 1. The number of benzene rings is 1. The standard InChI is InChI=1S/C12H12F3NO2/c13-12(14,15)18-10-4-2-1-3-9(10)11(17)8-5-6-16-7-8/h1-4,8,16H,5-7H2. The highest BCUT2D eigenvalue weighted by Crippen LogP contribution is 2.28. The third-order valence-electron chi connectivity index (χ3n) is 2.81. The van der Waals surface area contributed by atoms with Crippen molar-refractivity contribution in [3.8, 4) is 5.75 Å². The maximum Gasteiger partial charge on any atom is 0.573 e. The number of para-hydroxylation sites is 1. The molecule has 1 aromatic rings. The van der Waals surface area contributed by atoms with Gasteiger partial charge in [0.1, 0.15) is 5.75 Å². The van der Waals surface area contributed by atoms with E-state index in [1.807, 2.05) is 0 Å². The molecule has 1 N–H and O–H groups in total. The monoisotopic (exact) mass is 259 g/mol. The van der Waals surface area contributed by atoms with E-state index in [2.05, 4.69) is 10.1 Å². The van der Waals surface area contributed by atoms with Gasteiger partial charge in [0.25, 0.3) is 0 Å². The van der Waals surface area contributed by atoms with Crippen molar-refractivity contribution in [1.29, 1.82) is 0 Å². The molecular formula is C12H12F3NO2. The molecule has 0 radical (unpaired) electrons. The third-order valence-corrected chi connectivity index (χ3v) is 2.81. The molecule has 0 aromatic heterocycles. The number of carbonyl (C=O) groups is 1. The minimum atomic E-state index is -4.79. The average molecular weight is 259 g/mol. The van der Waals surface area contributed by atoms with Crippen LogP contribution in [0.5, 0.6) is 5.75 Å². The van der Waals surface area contributed by atoms with Gasteiger partial charge in [-0.1, -0.05) is 12.1 Å². The Bertz CT molecular complexity index is 439. The number of alkyl halides is 3. The number of nitrogens with one attached hydrogen (secondary N) is 1. The molecule has 0 bridgehead atoms. The molecule has 1 atom stereocenters. The first-order valence-electron chi connectivity index (χ1n) is 5.57. The Kier molecular flexibility index (Phi) is 3.56. The lowest BCUT2D eigenvalue weighted by molar-refractivity contribution is -0.274. The minimum Gasteiger partial charge on any atom is -0.405 e. The van der Waals surface area contributed by atoms with Gasteiger partial charge in [0.15, 0.2) is 5.78 Å². The zero-order valence-electron chi connectivity index (χ0n) is 9.46. The molecule has 2 rings (SSSR count). The summed E-state index contributed by atoms with van der Waals surface area (Å²) in [5.41, 5.74) is -0.0106. The second-order valence-corrected chi connectivity index (χ2v) is 4.10. The van der Waals surface area contributed by atoms with Gasteiger partial charge in [-0.05, 0) is 25.1 Å². The van der Waals surface area contributed by atoms with Gasteiger partial charge in [-0.25, -0.2) is 0 Å². The van der Waals surface area contributed by atoms with Crippen LogP contribution in [0.3, 0.4) is 0 Å². The van der Waals surface area contributed by atoms with Crippen LogP contribution >= 0.6 is 0 Å². The van der Waals surface area contributed by atoms with Crippen LogP contribution in [0.1, 0.15) is 16.8 Å². The highest BCUT2D eigenvalue weighted by Gasteiger charge is 2.34. The Morgan fingerprint density at radius 2 is 2.06 bits per heavy atom. The summed E-state index contributed by atoms with van der Waals surface area (Å²) < 4.78 is 40.5. The SMILES string of the molecule is O=C(c1ccccc1OC(F)(F)F)C1CCNC1. The second kappa shape index (κ2) is 4.97. The molecule has 0 saturated carbocycles. The number of hydrogen-bond acceptors (Lipinski definition) is 3. The maximum atomic E-state index is 12.2. The quantitative estimate of drug-likeness (QED) is 0.847. The summed E-state index contributed by atoms with van der Waals surface area (Å²) in [5.74, 6) is -1.01. The molecule has 1 aromatic carbocycles. The van der Waals surface area contributed by atoms with Crippen molar-refractivity contribution >= 4 is 5.78 Å². The summed E-state index contributed by atoms with van der Waals surface area (Å²) >= 11 is 0. The lowest BCUT2D eigenvalue weighted by atomic mass is 9.96. The lowest BCUT2D eigenvalue weighted by Crippen LogP contribution is -2.22. The van der Waals surface area contributed by atoms with Gasteiger partial charge in [0.05, 0.1) is 5.56 Å². The molecule has 18 heavy (non-hydrogen) atoms. The van der Waals surface area contributed by atoms with E-state index < -0.39 is 12.1 Å². The molecule has 0 amide bonds. The van der Waals surface area contributed by atoms with Crippen LogP contribution in [0.4, 0.5) is 13.2 Å². The topological polar surface area (TPSA) is 38.3 Å². The lowest BCUT2D eigenvalue weighted by Gasteiger charge is -2.14. The highest BCUT2D eigenvalue weighted by molar-refractivity contribution is 6.00. The van der Waals surface area contributed by atoms with Crippen molar-refractivity contribution in [3.63, 3.8) is 0 Å². The van der Waals surface area contributed by atoms with Gasteiger partial charge in [-0.2, -0.15) is 0 Å². The van der Waals surface area contributed by atoms with Crippen molar-refractivity contribution < 1.29 is 22.7 Å². The van der Waals surface area contributed by atoms with E-state index in [0.717, 1.165) is 6.07 Å². The van der Waals surface area contributed by atoms with Crippen molar-refractivity contribution in [3.05, 3.63) is 29.8 Å². The van der Waals surface area contributed by atoms with Gasteiger partial charge >= 0.3 is 6.36 Å². The van der Waals surface area contributed by atoms with Crippen molar-refractivity contribution in [2.45, 2.75) is 12.8 Å². The van der Waals surface area contributed by atoms with Crippen LogP contribution in [0, 0.1) is 5.92 Å². The zero-order chi connectivity index (χ0) is 13.2. The number of rotatable bonds is 3. The maximum absolute atomic E-state index is 12.2. The smallest absolute Gasteiger partial charge is 0.405 e. The second-order valence-electron chi connectivity index (χ2n) is 4.10. The summed E-state index contributed by atoms with van der Waals surface area (Å²) in [6, 6.07) is 5.45. The number of hydrogen-bond donors (Lipinski definition) is 1. The minimum absolute atomic E-state index is 0.0106. The van der Waals surface area contributed by atoms with E-state index in [1.54, 1.807) is 0 Å². The Morgan fingerprint density at radius 1 is 1.33 bits per heavy atom. The Morgan fingerprint density at radius 3 is 2.67 bits per heavy atom. The van der Waals surface area contributed by atoms with Crippen molar-refractivity contribution in [1.82, 2.24) is 5.32 Å². The molecule has 0 aliphatic carbocycles. The van der Waals surface area contributed by atoms with Gasteiger partial charge < -0.3 is 10.1 Å². The molecule has 98 valence electrons. The molecule has 3 nitrogen and oxygen atoms in total. The van der Waals surface area contributed by atoms with E-state index in [1.165, 1.54) is 18.2 Å². The van der Waals surface area contributed by atoms with Crippen LogP contribution in [0.15, 0.2) is 24.3 Å². The first kappa shape index (κ1) is 12.9. The number of carbonyl (C=O) groups excluding carboxylic acids is 1. The van der Waals surface area contributed by atoms with E-state index in [-0.39, 0.29) is 17.3 Å². The van der Waals surface area contributed by atoms with Gasteiger partial charge in [0, 0.05) is 12.5 Å². The molecule has 1 aliphatic rings. The Labute approximate surface area is 102 Å². The molecular weight excluding hydrogens is 247 g/mol. The summed E-state index contributed by atoms with van der Waals surface area (Å²) in [6.45, 7) is 1.21. The Balaban J connectivity index is 2.23. The van der Waals surface area contributed by atoms with Crippen LogP contribution < -0.4 is 10.1 Å². The number of halogens is 3. The number of Topliss-reactive ketones (excluding diaryl/α,β-unsaturated/α-hetero) is 1. The molecule has 1 unspecified atom stereocenters. The largest absolute Gasteiger partial charge is 0.573 e. The third kappa shape index (κ3) is 3.01. The zero-order valence-corrected chi connectivity index (χ0v) is 9.46. The van der Waals surface area contributed by atoms with Crippen molar-refractivity contribution in [2.75, 3.05) is 13.1 Å². The van der Waals surface area contributed by atoms with Crippen molar-refractivity contribution in [2.24, 2.45) is 5.92 Å². The van der Waals surface area contributed by atoms with Gasteiger partial charge in [-0.15, -0.1) is 13.2 Å².